The van der Waals surface area contributed by atoms with Crippen molar-refractivity contribution >= 4 is 39.7 Å². The zero-order valence-electron chi connectivity index (χ0n) is 21.1. The number of aromatic nitrogens is 4. The zero-order chi connectivity index (χ0) is 25.9. The molecule has 0 spiro atoms. The molecule has 12 nitrogen and oxygen atoms in total. The third kappa shape index (κ3) is 5.96. The number of anilines is 2. The summed E-state index contributed by atoms with van der Waals surface area (Å²) in [6, 6.07) is 7.51. The molecule has 198 valence electrons. The number of carbonyl (C=O) groups excluding carboxylic acids is 1. The average molecular weight is 529 g/mol. The molecule has 5 rings (SSSR count). The fraction of sp³-hybridized carbons (Fsp3) is 0.500. The van der Waals surface area contributed by atoms with Crippen LogP contribution in [0.4, 0.5) is 11.5 Å². The summed E-state index contributed by atoms with van der Waals surface area (Å²) in [7, 11) is 1.98. The number of nitrogens with one attached hydrogen (secondary N) is 1. The summed E-state index contributed by atoms with van der Waals surface area (Å²) in [4.78, 5) is 32.7. The Kier molecular flexibility index (Phi) is 7.76. The lowest BCUT2D eigenvalue weighted by atomic mass is 10.2. The summed E-state index contributed by atoms with van der Waals surface area (Å²) in [5.41, 5.74) is 3.11. The minimum atomic E-state index is -1.81. The van der Waals surface area contributed by atoms with Crippen molar-refractivity contribution in [2.75, 3.05) is 68.6 Å². The summed E-state index contributed by atoms with van der Waals surface area (Å²) >= 11 is -1.81. The second-order valence-corrected chi connectivity index (χ2v) is 10.2. The number of carbonyl (C=O) groups is 1. The van der Waals surface area contributed by atoms with Gasteiger partial charge in [-0.15, -0.1) is 0 Å². The molecular weight excluding hydrogens is 496 g/mol. The molecule has 1 unspecified atom stereocenters. The van der Waals surface area contributed by atoms with Crippen LogP contribution in [0.5, 0.6) is 0 Å². The van der Waals surface area contributed by atoms with Crippen molar-refractivity contribution in [2.24, 2.45) is 7.05 Å². The van der Waals surface area contributed by atoms with Gasteiger partial charge in [-0.25, -0.2) is 19.2 Å². The van der Waals surface area contributed by atoms with Gasteiger partial charge in [0.25, 0.3) is 0 Å². The maximum Gasteiger partial charge on any atom is 0.221 e. The molecule has 2 aliphatic rings. The van der Waals surface area contributed by atoms with Crippen molar-refractivity contribution in [3.63, 3.8) is 0 Å². The van der Waals surface area contributed by atoms with E-state index in [1.165, 1.54) is 6.92 Å². The highest BCUT2D eigenvalue weighted by Crippen LogP contribution is 2.29. The zero-order valence-corrected chi connectivity index (χ0v) is 21.9. The molecule has 37 heavy (non-hydrogen) atoms. The molecule has 0 aliphatic carbocycles. The van der Waals surface area contributed by atoms with E-state index < -0.39 is 11.1 Å². The fourth-order valence-electron chi connectivity index (χ4n) is 4.70. The number of hydrogen-bond donors (Lipinski definition) is 2. The molecule has 1 aromatic carbocycles. The molecule has 0 saturated carbocycles. The van der Waals surface area contributed by atoms with Gasteiger partial charge in [-0.1, -0.05) is 0 Å². The first-order valence-electron chi connectivity index (χ1n) is 12.3. The van der Waals surface area contributed by atoms with E-state index in [1.807, 2.05) is 40.8 Å². The Morgan fingerprint density at radius 2 is 1.70 bits per heavy atom. The fourth-order valence-corrected chi connectivity index (χ4v) is 5.27. The van der Waals surface area contributed by atoms with E-state index in [0.717, 1.165) is 73.3 Å². The van der Waals surface area contributed by atoms with E-state index in [2.05, 4.69) is 15.1 Å². The first kappa shape index (κ1) is 25.7. The van der Waals surface area contributed by atoms with E-state index in [1.54, 1.807) is 0 Å². The van der Waals surface area contributed by atoms with Crippen LogP contribution in [0.1, 0.15) is 12.7 Å². The average Bonchev–Trinajstić information content (AvgIpc) is 3.20. The number of hydrogen-bond acceptors (Lipinski definition) is 9. The van der Waals surface area contributed by atoms with Crippen LogP contribution in [0.3, 0.4) is 0 Å². The van der Waals surface area contributed by atoms with Gasteiger partial charge >= 0.3 is 0 Å². The largest absolute Gasteiger partial charge is 0.378 e. The summed E-state index contributed by atoms with van der Waals surface area (Å²) in [6.07, 6.45) is 0. The van der Waals surface area contributed by atoms with Crippen LogP contribution in [0.2, 0.25) is 0 Å². The molecule has 2 N–H and O–H groups in total. The van der Waals surface area contributed by atoms with E-state index in [0.29, 0.717) is 25.6 Å². The van der Waals surface area contributed by atoms with E-state index in [4.69, 9.17) is 19.7 Å². The number of aryl methyl sites for hydroxylation is 1. The molecule has 1 atom stereocenters. The highest BCUT2D eigenvalue weighted by molar-refractivity contribution is 7.79. The van der Waals surface area contributed by atoms with Crippen LogP contribution in [-0.4, -0.2) is 102 Å². The van der Waals surface area contributed by atoms with Crippen LogP contribution in [0.15, 0.2) is 24.3 Å². The van der Waals surface area contributed by atoms with Crippen molar-refractivity contribution in [3.05, 3.63) is 30.1 Å². The predicted molar refractivity (Wildman–Crippen MR) is 142 cm³/mol. The first-order valence-corrected chi connectivity index (χ1v) is 13.6. The summed E-state index contributed by atoms with van der Waals surface area (Å²) < 4.78 is 27.9. The lowest BCUT2D eigenvalue weighted by molar-refractivity contribution is -0.114. The topological polar surface area (TPSA) is 129 Å². The van der Waals surface area contributed by atoms with Gasteiger partial charge in [-0.05, 0) is 24.3 Å². The lowest BCUT2D eigenvalue weighted by Crippen LogP contribution is -2.46. The molecular formula is C24H32N8O4S. The SMILES string of the molecule is CC(=O)Nc1ccc(-c2nc(N3CCOCC3)c3nc(CN4CCN(CS(=O)O)CC4)n(C)c3n2)cc1. The second kappa shape index (κ2) is 11.2. The number of amides is 1. The van der Waals surface area contributed by atoms with Crippen molar-refractivity contribution in [1.29, 1.82) is 0 Å². The maximum absolute atomic E-state index is 11.4. The van der Waals surface area contributed by atoms with Crippen LogP contribution in [0.25, 0.3) is 22.6 Å². The summed E-state index contributed by atoms with van der Waals surface area (Å²) in [5.74, 6) is 2.37. The molecule has 0 bridgehead atoms. The summed E-state index contributed by atoms with van der Waals surface area (Å²) in [6.45, 7) is 7.96. The quantitative estimate of drug-likeness (QED) is 0.431. The number of piperazine rings is 1. The first-order chi connectivity index (χ1) is 17.9. The molecule has 3 aromatic rings. The van der Waals surface area contributed by atoms with Crippen molar-refractivity contribution in [1.82, 2.24) is 29.3 Å². The smallest absolute Gasteiger partial charge is 0.221 e. The van der Waals surface area contributed by atoms with E-state index in [9.17, 15) is 13.6 Å². The Morgan fingerprint density at radius 3 is 2.35 bits per heavy atom. The minimum absolute atomic E-state index is 0.118. The Bertz CT molecular complexity index is 1280. The number of fused-ring (bicyclic) bond motifs is 1. The number of morpholine rings is 1. The highest BCUT2D eigenvalue weighted by Gasteiger charge is 2.24. The standard InChI is InChI=1S/C24H32N8O4S/c1-17(33)25-19-5-3-18(4-6-19)22-27-23-21(24(28-22)32-11-13-36-14-12-32)26-20(29(23)2)15-30-7-9-31(10-8-30)16-37(34)35/h3-6H,7-16H2,1-2H3,(H,25,33)(H,34,35). The molecule has 1 amide bonds. The van der Waals surface area contributed by atoms with Gasteiger partial charge in [0.15, 0.2) is 33.9 Å². The highest BCUT2D eigenvalue weighted by atomic mass is 32.2. The Labute approximate surface area is 217 Å². The molecule has 2 fully saturated rings. The Hall–Kier alpha value is -2.97. The minimum Gasteiger partial charge on any atom is -0.378 e. The third-order valence-corrected chi connectivity index (χ3v) is 7.28. The number of imidazole rings is 1. The molecule has 13 heteroatoms. The van der Waals surface area contributed by atoms with Gasteiger partial charge in [0.05, 0.1) is 19.8 Å². The molecule has 2 aliphatic heterocycles. The Morgan fingerprint density at radius 1 is 1.03 bits per heavy atom. The monoisotopic (exact) mass is 528 g/mol. The molecule has 2 aromatic heterocycles. The van der Waals surface area contributed by atoms with E-state index >= 15 is 0 Å². The third-order valence-electron chi connectivity index (χ3n) is 6.69. The maximum atomic E-state index is 11.4. The van der Waals surface area contributed by atoms with Gasteiger partial charge < -0.3 is 24.1 Å². The lowest BCUT2D eigenvalue weighted by Gasteiger charge is -2.33. The molecule has 0 radical (unpaired) electrons. The van der Waals surface area contributed by atoms with Crippen molar-refractivity contribution in [3.8, 4) is 11.4 Å². The number of nitrogens with zero attached hydrogens (tertiary/aromatic N) is 7. The van der Waals surface area contributed by atoms with Crippen LogP contribution in [-0.2, 0) is 34.2 Å². The van der Waals surface area contributed by atoms with Crippen LogP contribution < -0.4 is 10.2 Å². The number of ether oxygens (including phenoxy) is 1. The summed E-state index contributed by atoms with van der Waals surface area (Å²) in [5, 5.41) is 2.79. The number of benzene rings is 1. The van der Waals surface area contributed by atoms with Gasteiger partial charge in [0.1, 0.15) is 11.7 Å². The van der Waals surface area contributed by atoms with Crippen LogP contribution in [0, 0.1) is 0 Å². The van der Waals surface area contributed by atoms with Gasteiger partial charge in [0, 0.05) is 64.5 Å². The number of rotatable bonds is 7. The van der Waals surface area contributed by atoms with E-state index in [-0.39, 0.29) is 11.8 Å². The van der Waals surface area contributed by atoms with Crippen LogP contribution >= 0.6 is 0 Å². The molecule has 4 heterocycles. The normalized spacial score (nSPS) is 18.3. The van der Waals surface area contributed by atoms with Gasteiger partial charge in [0.2, 0.25) is 5.91 Å². The molecule has 2 saturated heterocycles. The van der Waals surface area contributed by atoms with Crippen molar-refractivity contribution < 1.29 is 18.3 Å². The van der Waals surface area contributed by atoms with Gasteiger partial charge in [-0.2, -0.15) is 0 Å². The Balaban J connectivity index is 1.45. The predicted octanol–water partition coefficient (Wildman–Crippen LogP) is 1.12. The second-order valence-electron chi connectivity index (χ2n) is 9.33. The van der Waals surface area contributed by atoms with Gasteiger partial charge in [-0.3, -0.25) is 14.6 Å². The van der Waals surface area contributed by atoms with Crippen molar-refractivity contribution in [2.45, 2.75) is 13.5 Å².